The number of hydrogen-bond acceptors (Lipinski definition) is 3. The van der Waals surface area contributed by atoms with Crippen molar-refractivity contribution in [1.82, 2.24) is 14.9 Å². The number of aryl methyl sites for hydroxylation is 5. The highest BCUT2D eigenvalue weighted by atomic mass is 35.5. The molecule has 1 heterocycles. The van der Waals surface area contributed by atoms with E-state index >= 15 is 0 Å². The van der Waals surface area contributed by atoms with Crippen LogP contribution in [-0.2, 0) is 13.0 Å². The summed E-state index contributed by atoms with van der Waals surface area (Å²) >= 11 is 6.11. The summed E-state index contributed by atoms with van der Waals surface area (Å²) < 4.78 is 8.21. The van der Waals surface area contributed by atoms with Gasteiger partial charge in [-0.25, -0.2) is 4.98 Å². The van der Waals surface area contributed by atoms with Gasteiger partial charge in [0.05, 0.1) is 17.6 Å². The van der Waals surface area contributed by atoms with Crippen LogP contribution in [0, 0.1) is 20.8 Å². The molecule has 0 bridgehead atoms. The third kappa shape index (κ3) is 6.23. The molecule has 0 spiro atoms. The van der Waals surface area contributed by atoms with E-state index in [1.54, 1.807) is 0 Å². The number of ether oxygens (including phenoxy) is 1. The Bertz CT molecular complexity index is 1330. The number of fused-ring (bicyclic) bond motifs is 1. The lowest BCUT2D eigenvalue weighted by molar-refractivity contribution is 0.0952. The Morgan fingerprint density at radius 3 is 2.63 bits per heavy atom. The van der Waals surface area contributed by atoms with E-state index in [4.69, 9.17) is 21.3 Å². The summed E-state index contributed by atoms with van der Waals surface area (Å²) in [5, 5.41) is 3.80. The highest BCUT2D eigenvalue weighted by molar-refractivity contribution is 6.31. The van der Waals surface area contributed by atoms with E-state index in [1.807, 2.05) is 75.4 Å². The lowest BCUT2D eigenvalue weighted by atomic mass is 10.1. The zero-order valence-corrected chi connectivity index (χ0v) is 21.4. The molecule has 3 aromatic carbocycles. The van der Waals surface area contributed by atoms with Gasteiger partial charge in [0.2, 0.25) is 0 Å². The lowest BCUT2D eigenvalue weighted by Gasteiger charge is -2.12. The Morgan fingerprint density at radius 2 is 1.83 bits per heavy atom. The summed E-state index contributed by atoms with van der Waals surface area (Å²) in [6.45, 7) is 8.02. The van der Waals surface area contributed by atoms with Gasteiger partial charge in [-0.3, -0.25) is 4.79 Å². The summed E-state index contributed by atoms with van der Waals surface area (Å²) in [6.07, 6.45) is 2.47. The highest BCUT2D eigenvalue weighted by Crippen LogP contribution is 2.22. The van der Waals surface area contributed by atoms with Gasteiger partial charge in [0.15, 0.2) is 0 Å². The van der Waals surface area contributed by atoms with Crippen molar-refractivity contribution in [1.29, 1.82) is 0 Å². The Morgan fingerprint density at radius 1 is 1.00 bits per heavy atom. The molecule has 0 radical (unpaired) electrons. The summed E-state index contributed by atoms with van der Waals surface area (Å²) in [5.41, 5.74) is 6.03. The molecule has 5 nitrogen and oxygen atoms in total. The summed E-state index contributed by atoms with van der Waals surface area (Å²) in [4.78, 5) is 17.4. The molecule has 0 aliphatic rings. The Hall–Kier alpha value is -3.31. The number of hydrogen-bond donors (Lipinski definition) is 1. The second kappa shape index (κ2) is 11.4. The molecule has 6 heteroatoms. The molecule has 1 amide bonds. The van der Waals surface area contributed by atoms with Crippen LogP contribution in [-0.4, -0.2) is 28.6 Å². The fourth-order valence-corrected chi connectivity index (χ4v) is 4.41. The molecule has 4 aromatic rings. The van der Waals surface area contributed by atoms with Crippen molar-refractivity contribution in [2.75, 3.05) is 13.2 Å². The monoisotopic (exact) mass is 489 g/mol. The molecule has 0 atom stereocenters. The minimum atomic E-state index is -0.0226. The average Bonchev–Trinajstić information content (AvgIpc) is 3.19. The van der Waals surface area contributed by atoms with Gasteiger partial charge in [-0.05, 0) is 81.1 Å². The Kier molecular flexibility index (Phi) is 8.09. The van der Waals surface area contributed by atoms with E-state index in [2.05, 4.69) is 16.0 Å². The van der Waals surface area contributed by atoms with Crippen molar-refractivity contribution in [2.45, 2.75) is 46.6 Å². The molecule has 0 aliphatic heterocycles. The first kappa shape index (κ1) is 24.8. The number of imidazole rings is 1. The van der Waals surface area contributed by atoms with Crippen LogP contribution in [0.4, 0.5) is 0 Å². The molecule has 0 aliphatic carbocycles. The minimum Gasteiger partial charge on any atom is -0.494 e. The number of halogens is 1. The molecular formula is C29H32ClN3O2. The van der Waals surface area contributed by atoms with Crippen molar-refractivity contribution in [3.63, 3.8) is 0 Å². The van der Waals surface area contributed by atoms with E-state index in [0.29, 0.717) is 13.2 Å². The number of carbonyl (C=O) groups is 1. The van der Waals surface area contributed by atoms with E-state index in [0.717, 1.165) is 75.7 Å². The van der Waals surface area contributed by atoms with E-state index in [9.17, 15) is 4.79 Å². The maximum absolute atomic E-state index is 12.6. The SMILES string of the molecule is Cc1ccc(C(=O)NCCCc2nc3ccccc3n2CCCOc2ccc(Cl)c(C)c2)c(C)c1. The number of para-hydroxylation sites is 2. The van der Waals surface area contributed by atoms with Gasteiger partial charge in [-0.15, -0.1) is 0 Å². The van der Waals surface area contributed by atoms with Gasteiger partial charge >= 0.3 is 0 Å². The van der Waals surface area contributed by atoms with E-state index in [-0.39, 0.29) is 5.91 Å². The molecule has 0 saturated carbocycles. The first-order valence-electron chi connectivity index (χ1n) is 12.1. The summed E-state index contributed by atoms with van der Waals surface area (Å²) in [5.74, 6) is 1.85. The van der Waals surface area contributed by atoms with Gasteiger partial charge in [-0.1, -0.05) is 41.4 Å². The van der Waals surface area contributed by atoms with Crippen molar-refractivity contribution >= 4 is 28.5 Å². The third-order valence-corrected chi connectivity index (χ3v) is 6.57. The standard InChI is InChI=1S/C29H32ClN3O2/c1-20-11-13-24(21(2)18-20)29(34)31-15-6-10-28-32-26-8-4-5-9-27(26)33(28)16-7-17-35-23-12-14-25(30)22(3)19-23/h4-5,8-9,11-14,18-19H,6-7,10,15-17H2,1-3H3,(H,31,34). The number of rotatable bonds is 10. The van der Waals surface area contributed by atoms with E-state index < -0.39 is 0 Å². The average molecular weight is 490 g/mol. The second-order valence-electron chi connectivity index (χ2n) is 8.96. The Labute approximate surface area is 212 Å². The Balaban J connectivity index is 1.33. The lowest BCUT2D eigenvalue weighted by Crippen LogP contribution is -2.25. The number of carbonyl (C=O) groups excluding carboxylic acids is 1. The fourth-order valence-electron chi connectivity index (χ4n) is 4.30. The van der Waals surface area contributed by atoms with Crippen LogP contribution >= 0.6 is 11.6 Å². The topological polar surface area (TPSA) is 56.2 Å². The smallest absolute Gasteiger partial charge is 0.251 e. The number of benzene rings is 3. The van der Waals surface area contributed by atoms with Crippen LogP contribution in [0.25, 0.3) is 11.0 Å². The third-order valence-electron chi connectivity index (χ3n) is 6.15. The van der Waals surface area contributed by atoms with Crippen molar-refractivity contribution in [2.24, 2.45) is 0 Å². The zero-order chi connectivity index (χ0) is 24.8. The number of nitrogens with one attached hydrogen (secondary N) is 1. The van der Waals surface area contributed by atoms with Gasteiger partial charge in [0, 0.05) is 30.1 Å². The van der Waals surface area contributed by atoms with Crippen molar-refractivity contribution < 1.29 is 9.53 Å². The molecular weight excluding hydrogens is 458 g/mol. The van der Waals surface area contributed by atoms with Crippen LogP contribution < -0.4 is 10.1 Å². The molecule has 1 aromatic heterocycles. The number of nitrogens with zero attached hydrogens (tertiary/aromatic N) is 2. The van der Waals surface area contributed by atoms with E-state index in [1.165, 1.54) is 0 Å². The summed E-state index contributed by atoms with van der Waals surface area (Å²) in [7, 11) is 0. The van der Waals surface area contributed by atoms with Crippen molar-refractivity contribution in [3.05, 3.63) is 93.8 Å². The first-order chi connectivity index (χ1) is 16.9. The molecule has 0 saturated heterocycles. The van der Waals surface area contributed by atoms with Crippen LogP contribution in [0.2, 0.25) is 5.02 Å². The van der Waals surface area contributed by atoms with Gasteiger partial charge in [0.25, 0.3) is 5.91 Å². The predicted molar refractivity (Wildman–Crippen MR) is 143 cm³/mol. The minimum absolute atomic E-state index is 0.0226. The van der Waals surface area contributed by atoms with Crippen LogP contribution in [0.15, 0.2) is 60.7 Å². The van der Waals surface area contributed by atoms with Crippen molar-refractivity contribution in [3.8, 4) is 5.75 Å². The van der Waals surface area contributed by atoms with Gasteiger partial charge in [0.1, 0.15) is 11.6 Å². The molecule has 182 valence electrons. The first-order valence-corrected chi connectivity index (χ1v) is 12.5. The maximum Gasteiger partial charge on any atom is 0.251 e. The molecule has 35 heavy (non-hydrogen) atoms. The largest absolute Gasteiger partial charge is 0.494 e. The predicted octanol–water partition coefficient (Wildman–Crippen LogP) is 6.45. The van der Waals surface area contributed by atoms with Crippen LogP contribution in [0.1, 0.15) is 45.7 Å². The number of amides is 1. The quantitative estimate of drug-likeness (QED) is 0.260. The normalized spacial score (nSPS) is 11.1. The zero-order valence-electron chi connectivity index (χ0n) is 20.6. The van der Waals surface area contributed by atoms with Gasteiger partial charge < -0.3 is 14.6 Å². The molecule has 4 rings (SSSR count). The molecule has 0 unspecified atom stereocenters. The molecule has 0 fully saturated rings. The van der Waals surface area contributed by atoms with Gasteiger partial charge in [-0.2, -0.15) is 0 Å². The molecule has 1 N–H and O–H groups in total. The van der Waals surface area contributed by atoms with Crippen LogP contribution in [0.3, 0.4) is 0 Å². The number of aromatic nitrogens is 2. The fraction of sp³-hybridized carbons (Fsp3) is 0.310. The summed E-state index contributed by atoms with van der Waals surface area (Å²) in [6, 6.07) is 19.9. The maximum atomic E-state index is 12.6. The van der Waals surface area contributed by atoms with Crippen LogP contribution in [0.5, 0.6) is 5.75 Å². The second-order valence-corrected chi connectivity index (χ2v) is 9.37. The highest BCUT2D eigenvalue weighted by Gasteiger charge is 2.12.